The second-order valence-corrected chi connectivity index (χ2v) is 6.47. The van der Waals surface area contributed by atoms with Crippen molar-refractivity contribution in [3.05, 3.63) is 70.9 Å². The Bertz CT molecular complexity index is 989. The quantitative estimate of drug-likeness (QED) is 0.739. The predicted octanol–water partition coefficient (Wildman–Crippen LogP) is 2.96. The first-order valence-corrected chi connectivity index (χ1v) is 8.71. The number of benzene rings is 2. The van der Waals surface area contributed by atoms with E-state index in [-0.39, 0.29) is 11.9 Å². The van der Waals surface area contributed by atoms with E-state index in [1.165, 1.54) is 7.11 Å². The van der Waals surface area contributed by atoms with Crippen molar-refractivity contribution < 1.29 is 14.3 Å². The minimum Gasteiger partial charge on any atom is -0.465 e. The van der Waals surface area contributed by atoms with Gasteiger partial charge in [0.2, 0.25) is 5.91 Å². The topological polar surface area (TPSA) is 60.3 Å². The van der Waals surface area contributed by atoms with Gasteiger partial charge in [-0.05, 0) is 42.3 Å². The van der Waals surface area contributed by atoms with E-state index in [1.807, 2.05) is 47.0 Å². The summed E-state index contributed by atoms with van der Waals surface area (Å²) in [6, 6.07) is 15.2. The van der Waals surface area contributed by atoms with Gasteiger partial charge in [0, 0.05) is 17.6 Å². The van der Waals surface area contributed by atoms with Crippen molar-refractivity contribution in [2.75, 3.05) is 13.7 Å². The minimum atomic E-state index is -0.363. The van der Waals surface area contributed by atoms with Gasteiger partial charge in [-0.15, -0.1) is 0 Å². The minimum absolute atomic E-state index is 0.0389. The fourth-order valence-corrected chi connectivity index (χ4v) is 3.67. The normalized spacial score (nSPS) is 13.4. The van der Waals surface area contributed by atoms with Crippen molar-refractivity contribution in [3.8, 4) is 0 Å². The molecule has 0 unspecified atom stereocenters. The van der Waals surface area contributed by atoms with Crippen molar-refractivity contribution in [2.45, 2.75) is 19.4 Å². The molecule has 1 aliphatic rings. The van der Waals surface area contributed by atoms with Gasteiger partial charge in [-0.2, -0.15) is 0 Å². The highest BCUT2D eigenvalue weighted by molar-refractivity contribution is 6.01. The van der Waals surface area contributed by atoms with E-state index in [0.717, 1.165) is 40.7 Å². The Labute approximate surface area is 151 Å². The molecule has 132 valence electrons. The molecule has 0 amide bonds. The number of ether oxygens (including phenoxy) is 1. The van der Waals surface area contributed by atoms with Crippen molar-refractivity contribution in [2.24, 2.45) is 0 Å². The van der Waals surface area contributed by atoms with Crippen LogP contribution in [0.5, 0.6) is 0 Å². The van der Waals surface area contributed by atoms with Gasteiger partial charge in [-0.3, -0.25) is 9.36 Å². The molecule has 4 rings (SSSR count). The number of carbonyl (C=O) groups excluding carboxylic acids is 2. The van der Waals surface area contributed by atoms with Crippen LogP contribution in [-0.2, 0) is 24.1 Å². The lowest BCUT2D eigenvalue weighted by Gasteiger charge is -2.16. The predicted molar refractivity (Wildman–Crippen MR) is 99.5 cm³/mol. The summed E-state index contributed by atoms with van der Waals surface area (Å²) >= 11 is 0. The van der Waals surface area contributed by atoms with E-state index >= 15 is 0 Å². The third-order valence-electron chi connectivity index (χ3n) is 4.89. The first-order valence-electron chi connectivity index (χ1n) is 8.71. The van der Waals surface area contributed by atoms with E-state index in [9.17, 15) is 9.59 Å². The number of fused-ring (bicyclic) bond motifs is 3. The first kappa shape index (κ1) is 16.5. The molecule has 1 N–H and O–H groups in total. The summed E-state index contributed by atoms with van der Waals surface area (Å²) in [4.78, 5) is 25.0. The van der Waals surface area contributed by atoms with E-state index in [0.29, 0.717) is 18.5 Å². The van der Waals surface area contributed by atoms with Crippen LogP contribution in [0.15, 0.2) is 48.5 Å². The summed E-state index contributed by atoms with van der Waals surface area (Å²) in [5, 5.41) is 4.31. The molecule has 26 heavy (non-hydrogen) atoms. The summed E-state index contributed by atoms with van der Waals surface area (Å²) in [7, 11) is 1.38. The number of nitrogens with one attached hydrogen (secondary N) is 1. The Morgan fingerprint density at radius 3 is 2.73 bits per heavy atom. The van der Waals surface area contributed by atoms with Crippen LogP contribution in [0.4, 0.5) is 0 Å². The smallest absolute Gasteiger partial charge is 0.337 e. The maximum absolute atomic E-state index is 13.1. The Balaban J connectivity index is 1.83. The number of rotatable bonds is 3. The lowest BCUT2D eigenvalue weighted by molar-refractivity contribution is 0.0600. The highest BCUT2D eigenvalue weighted by atomic mass is 16.5. The lowest BCUT2D eigenvalue weighted by atomic mass is 10.0. The molecular formula is C21H20N2O3. The maximum Gasteiger partial charge on any atom is 0.337 e. The number of hydrogen-bond acceptors (Lipinski definition) is 4. The number of aromatic nitrogens is 1. The van der Waals surface area contributed by atoms with Gasteiger partial charge in [0.15, 0.2) is 0 Å². The van der Waals surface area contributed by atoms with Gasteiger partial charge in [-0.1, -0.05) is 30.3 Å². The number of carbonyl (C=O) groups is 2. The molecule has 0 bridgehead atoms. The Morgan fingerprint density at radius 1 is 1.15 bits per heavy atom. The van der Waals surface area contributed by atoms with Crippen molar-refractivity contribution >= 4 is 22.8 Å². The molecule has 5 nitrogen and oxygen atoms in total. The van der Waals surface area contributed by atoms with Crippen LogP contribution >= 0.6 is 0 Å². The molecule has 1 aliphatic heterocycles. The monoisotopic (exact) mass is 348 g/mol. The van der Waals surface area contributed by atoms with E-state index in [1.54, 1.807) is 6.07 Å². The number of nitrogens with zero attached hydrogens (tertiary/aromatic N) is 1. The largest absolute Gasteiger partial charge is 0.465 e. The van der Waals surface area contributed by atoms with Crippen LogP contribution < -0.4 is 5.32 Å². The maximum atomic E-state index is 13.1. The molecule has 2 aromatic carbocycles. The zero-order valence-electron chi connectivity index (χ0n) is 14.6. The molecule has 2 heterocycles. The van der Waals surface area contributed by atoms with E-state index in [2.05, 4.69) is 5.32 Å². The molecule has 0 fully saturated rings. The number of methoxy groups -OCH3 is 1. The average molecular weight is 348 g/mol. The Hall–Kier alpha value is -2.92. The molecule has 0 radical (unpaired) electrons. The third kappa shape index (κ3) is 2.80. The molecule has 0 atom stereocenters. The van der Waals surface area contributed by atoms with Crippen LogP contribution in [-0.4, -0.2) is 30.1 Å². The lowest BCUT2D eigenvalue weighted by Crippen LogP contribution is -2.27. The van der Waals surface area contributed by atoms with Gasteiger partial charge in [0.25, 0.3) is 0 Å². The second kappa shape index (κ2) is 6.77. The standard InChI is InChI=1S/C21H20N2O3/c1-26-21(25)15-7-8-18-17(12-15)16-9-10-22-13-19(16)23(18)20(24)11-14-5-3-2-4-6-14/h2-8,12,22H,9-11,13H2,1H3. The molecule has 5 heteroatoms. The fourth-order valence-electron chi connectivity index (χ4n) is 3.67. The van der Waals surface area contributed by atoms with Gasteiger partial charge in [-0.25, -0.2) is 4.79 Å². The number of esters is 1. The Kier molecular flexibility index (Phi) is 4.31. The van der Waals surface area contributed by atoms with Crippen molar-refractivity contribution in [1.29, 1.82) is 0 Å². The molecule has 1 aromatic heterocycles. The van der Waals surface area contributed by atoms with E-state index < -0.39 is 0 Å². The summed E-state index contributed by atoms with van der Waals surface area (Å²) in [5.74, 6) is -0.324. The van der Waals surface area contributed by atoms with Gasteiger partial charge < -0.3 is 10.1 Å². The van der Waals surface area contributed by atoms with Gasteiger partial charge in [0.05, 0.1) is 24.6 Å². The van der Waals surface area contributed by atoms with Crippen LogP contribution in [0.1, 0.15) is 32.0 Å². The third-order valence-corrected chi connectivity index (χ3v) is 4.89. The molecule has 0 spiro atoms. The molecule has 0 saturated carbocycles. The highest BCUT2D eigenvalue weighted by Crippen LogP contribution is 2.30. The second-order valence-electron chi connectivity index (χ2n) is 6.47. The molecular weight excluding hydrogens is 328 g/mol. The van der Waals surface area contributed by atoms with Crippen molar-refractivity contribution in [3.63, 3.8) is 0 Å². The van der Waals surface area contributed by atoms with Crippen LogP contribution in [0, 0.1) is 0 Å². The molecule has 0 aliphatic carbocycles. The molecule has 3 aromatic rings. The van der Waals surface area contributed by atoms with Gasteiger partial charge in [0.1, 0.15) is 0 Å². The zero-order valence-corrected chi connectivity index (χ0v) is 14.6. The number of hydrogen-bond donors (Lipinski definition) is 1. The first-order chi connectivity index (χ1) is 12.7. The summed E-state index contributed by atoms with van der Waals surface area (Å²) < 4.78 is 6.65. The summed E-state index contributed by atoms with van der Waals surface area (Å²) in [6.45, 7) is 1.51. The van der Waals surface area contributed by atoms with Crippen LogP contribution in [0.25, 0.3) is 10.9 Å². The summed E-state index contributed by atoms with van der Waals surface area (Å²) in [6.07, 6.45) is 1.18. The Morgan fingerprint density at radius 2 is 1.96 bits per heavy atom. The average Bonchev–Trinajstić information content (AvgIpc) is 3.02. The fraction of sp³-hybridized carbons (Fsp3) is 0.238. The SMILES string of the molecule is COC(=O)c1ccc2c(c1)c1c(n2C(=O)Cc2ccccc2)CNCC1. The van der Waals surface area contributed by atoms with Crippen LogP contribution in [0.2, 0.25) is 0 Å². The van der Waals surface area contributed by atoms with E-state index in [4.69, 9.17) is 4.74 Å². The zero-order chi connectivity index (χ0) is 18.1. The van der Waals surface area contributed by atoms with Crippen molar-refractivity contribution in [1.82, 2.24) is 9.88 Å². The van der Waals surface area contributed by atoms with Gasteiger partial charge >= 0.3 is 5.97 Å². The van der Waals surface area contributed by atoms with Crippen LogP contribution in [0.3, 0.4) is 0 Å². The summed E-state index contributed by atoms with van der Waals surface area (Å²) in [5.41, 5.74) is 4.49. The highest BCUT2D eigenvalue weighted by Gasteiger charge is 2.24. The molecule has 0 saturated heterocycles.